The molecule has 1 aliphatic rings. The summed E-state index contributed by atoms with van der Waals surface area (Å²) in [4.78, 5) is 22.9. The molecule has 0 radical (unpaired) electrons. The van der Waals surface area contributed by atoms with Crippen LogP contribution in [0.25, 0.3) is 0 Å². The van der Waals surface area contributed by atoms with Gasteiger partial charge in [0.15, 0.2) is 0 Å². The van der Waals surface area contributed by atoms with Crippen LogP contribution in [-0.2, 0) is 11.2 Å². The smallest absolute Gasteiger partial charge is 0.286 e. The normalized spacial score (nSPS) is 15.7. The second kappa shape index (κ2) is 5.89. The van der Waals surface area contributed by atoms with Crippen LogP contribution in [0.1, 0.15) is 25.8 Å². The van der Waals surface area contributed by atoms with Crippen molar-refractivity contribution in [2.45, 2.75) is 32.3 Å². The minimum Gasteiger partial charge on any atom is -0.390 e. The fourth-order valence-electron chi connectivity index (χ4n) is 2.54. The van der Waals surface area contributed by atoms with Gasteiger partial charge in [-0.15, -0.1) is 4.91 Å². The first-order valence-corrected chi connectivity index (χ1v) is 6.90. The molecule has 1 N–H and O–H groups in total. The minimum atomic E-state index is -0.952. The van der Waals surface area contributed by atoms with E-state index in [0.29, 0.717) is 18.7 Å². The molecule has 0 spiro atoms. The fourth-order valence-corrected chi connectivity index (χ4v) is 2.54. The zero-order valence-electron chi connectivity index (χ0n) is 12.2. The van der Waals surface area contributed by atoms with Crippen LogP contribution in [0.2, 0.25) is 0 Å². The maximum absolute atomic E-state index is 14.0. The Morgan fingerprint density at radius 2 is 2.14 bits per heavy atom. The molecule has 21 heavy (non-hydrogen) atoms. The SMILES string of the molecule is CC(C)(O)Cc1ccc(N2CC(CC(=O)N=O)C2)cc1F. The van der Waals surface area contributed by atoms with E-state index in [2.05, 4.69) is 5.18 Å². The third kappa shape index (κ3) is 4.07. The molecular weight excluding hydrogens is 275 g/mol. The van der Waals surface area contributed by atoms with Gasteiger partial charge in [0.05, 0.1) is 5.60 Å². The molecule has 1 fully saturated rings. The highest BCUT2D eigenvalue weighted by molar-refractivity contribution is 5.77. The number of carbonyl (C=O) groups excluding carboxylic acids is 1. The Morgan fingerprint density at radius 3 is 2.67 bits per heavy atom. The summed E-state index contributed by atoms with van der Waals surface area (Å²) in [5.41, 5.74) is 0.269. The van der Waals surface area contributed by atoms with Crippen LogP contribution in [-0.4, -0.2) is 29.7 Å². The molecule has 1 aromatic carbocycles. The quantitative estimate of drug-likeness (QED) is 0.846. The van der Waals surface area contributed by atoms with Crippen LogP contribution in [0, 0.1) is 16.6 Å². The molecule has 2 rings (SSSR count). The standard InChI is InChI=1S/C15H19FN2O3/c1-15(2,20)7-11-3-4-12(6-13(11)16)18-8-10(9-18)5-14(19)17-21/h3-4,6,10,20H,5,7-9H2,1-2H3. The lowest BCUT2D eigenvalue weighted by molar-refractivity contribution is -0.119. The molecule has 1 saturated heterocycles. The lowest BCUT2D eigenvalue weighted by Crippen LogP contribution is -2.47. The topological polar surface area (TPSA) is 70.0 Å². The van der Waals surface area contributed by atoms with Crippen molar-refractivity contribution in [3.05, 3.63) is 34.5 Å². The van der Waals surface area contributed by atoms with Crippen molar-refractivity contribution >= 4 is 11.6 Å². The van der Waals surface area contributed by atoms with Gasteiger partial charge in [-0.05, 0) is 31.5 Å². The average molecular weight is 294 g/mol. The van der Waals surface area contributed by atoms with E-state index in [1.54, 1.807) is 26.0 Å². The number of aliphatic hydroxyl groups is 1. The van der Waals surface area contributed by atoms with Crippen molar-refractivity contribution in [2.75, 3.05) is 18.0 Å². The van der Waals surface area contributed by atoms with E-state index < -0.39 is 11.5 Å². The number of carbonyl (C=O) groups is 1. The second-order valence-corrected chi connectivity index (χ2v) is 6.23. The Balaban J connectivity index is 1.96. The Kier molecular flexibility index (Phi) is 4.37. The highest BCUT2D eigenvalue weighted by Crippen LogP contribution is 2.29. The largest absolute Gasteiger partial charge is 0.390 e. The van der Waals surface area contributed by atoms with Gasteiger partial charge in [0, 0.05) is 42.7 Å². The molecule has 114 valence electrons. The molecule has 0 atom stereocenters. The molecule has 5 nitrogen and oxygen atoms in total. The maximum Gasteiger partial charge on any atom is 0.286 e. The zero-order chi connectivity index (χ0) is 15.6. The fraction of sp³-hybridized carbons (Fsp3) is 0.533. The Labute approximate surface area is 122 Å². The molecule has 0 unspecified atom stereocenters. The molecule has 0 aromatic heterocycles. The molecule has 1 amide bonds. The van der Waals surface area contributed by atoms with Crippen molar-refractivity contribution in [2.24, 2.45) is 11.1 Å². The van der Waals surface area contributed by atoms with Crippen molar-refractivity contribution in [1.29, 1.82) is 0 Å². The first-order chi connectivity index (χ1) is 9.78. The molecule has 6 heteroatoms. The number of amides is 1. The number of rotatable bonds is 5. The first-order valence-electron chi connectivity index (χ1n) is 6.90. The summed E-state index contributed by atoms with van der Waals surface area (Å²) < 4.78 is 14.0. The molecule has 1 heterocycles. The number of hydrogen-bond donors (Lipinski definition) is 1. The third-order valence-electron chi connectivity index (χ3n) is 3.55. The third-order valence-corrected chi connectivity index (χ3v) is 3.55. The monoisotopic (exact) mass is 294 g/mol. The van der Waals surface area contributed by atoms with Crippen LogP contribution >= 0.6 is 0 Å². The zero-order valence-corrected chi connectivity index (χ0v) is 12.2. The maximum atomic E-state index is 14.0. The van der Waals surface area contributed by atoms with Gasteiger partial charge < -0.3 is 10.0 Å². The predicted molar refractivity (Wildman–Crippen MR) is 77.5 cm³/mol. The highest BCUT2D eigenvalue weighted by atomic mass is 19.1. The van der Waals surface area contributed by atoms with E-state index in [0.717, 1.165) is 5.69 Å². The van der Waals surface area contributed by atoms with Crippen LogP contribution in [0.3, 0.4) is 0 Å². The van der Waals surface area contributed by atoms with Gasteiger partial charge in [0.1, 0.15) is 5.82 Å². The Morgan fingerprint density at radius 1 is 1.48 bits per heavy atom. The molecule has 0 bridgehead atoms. The summed E-state index contributed by atoms with van der Waals surface area (Å²) in [7, 11) is 0. The predicted octanol–water partition coefficient (Wildman–Crippen LogP) is 2.26. The van der Waals surface area contributed by atoms with Gasteiger partial charge in [-0.1, -0.05) is 6.07 Å². The molecule has 0 saturated carbocycles. The summed E-state index contributed by atoms with van der Waals surface area (Å²) in [6.45, 7) is 4.51. The Hall–Kier alpha value is -1.82. The minimum absolute atomic E-state index is 0.106. The van der Waals surface area contributed by atoms with Crippen LogP contribution in [0.15, 0.2) is 23.4 Å². The Bertz CT molecular complexity index is 548. The molecule has 1 aliphatic heterocycles. The number of hydrogen-bond acceptors (Lipinski definition) is 4. The van der Waals surface area contributed by atoms with Crippen LogP contribution < -0.4 is 4.90 Å². The molecule has 1 aromatic rings. The summed E-state index contributed by atoms with van der Waals surface area (Å²) in [6.07, 6.45) is 0.403. The van der Waals surface area contributed by atoms with Crippen LogP contribution in [0.5, 0.6) is 0 Å². The lowest BCUT2D eigenvalue weighted by atomic mass is 9.94. The number of halogens is 1. The number of nitrogens with zero attached hydrogens (tertiary/aromatic N) is 2. The van der Waals surface area contributed by atoms with Gasteiger partial charge in [-0.25, -0.2) is 4.39 Å². The van der Waals surface area contributed by atoms with Gasteiger partial charge in [0.25, 0.3) is 5.91 Å². The van der Waals surface area contributed by atoms with Gasteiger partial charge in [-0.2, -0.15) is 0 Å². The van der Waals surface area contributed by atoms with Crippen molar-refractivity contribution < 1.29 is 14.3 Å². The van der Waals surface area contributed by atoms with E-state index in [-0.39, 0.29) is 24.6 Å². The van der Waals surface area contributed by atoms with E-state index in [1.807, 2.05) is 4.90 Å². The summed E-state index contributed by atoms with van der Waals surface area (Å²) in [5, 5.41) is 12.1. The number of anilines is 1. The van der Waals surface area contributed by atoms with Crippen LogP contribution in [0.4, 0.5) is 10.1 Å². The van der Waals surface area contributed by atoms with E-state index in [4.69, 9.17) is 0 Å². The van der Waals surface area contributed by atoms with E-state index in [9.17, 15) is 19.2 Å². The highest BCUT2D eigenvalue weighted by Gasteiger charge is 2.29. The molecule has 0 aliphatic carbocycles. The second-order valence-electron chi connectivity index (χ2n) is 6.23. The summed E-state index contributed by atoms with van der Waals surface area (Å²) in [6, 6.07) is 4.92. The number of benzene rings is 1. The van der Waals surface area contributed by atoms with E-state index >= 15 is 0 Å². The summed E-state index contributed by atoms with van der Waals surface area (Å²) in [5.74, 6) is -0.871. The first kappa shape index (κ1) is 15.6. The van der Waals surface area contributed by atoms with Crippen molar-refractivity contribution in [1.82, 2.24) is 0 Å². The molecular formula is C15H19FN2O3. The van der Waals surface area contributed by atoms with E-state index in [1.165, 1.54) is 6.07 Å². The van der Waals surface area contributed by atoms with Gasteiger partial charge in [0.2, 0.25) is 0 Å². The van der Waals surface area contributed by atoms with Crippen molar-refractivity contribution in [3.8, 4) is 0 Å². The van der Waals surface area contributed by atoms with Gasteiger partial charge >= 0.3 is 0 Å². The van der Waals surface area contributed by atoms with Crippen molar-refractivity contribution in [3.63, 3.8) is 0 Å². The van der Waals surface area contributed by atoms with Gasteiger partial charge in [-0.3, -0.25) is 4.79 Å². The number of nitroso groups, excluding NO2 is 1. The lowest BCUT2D eigenvalue weighted by Gasteiger charge is -2.40. The average Bonchev–Trinajstić information content (AvgIpc) is 2.34. The summed E-state index contributed by atoms with van der Waals surface area (Å²) >= 11 is 0.